The van der Waals surface area contributed by atoms with E-state index in [0.29, 0.717) is 27.2 Å². The second kappa shape index (κ2) is 11.2. The number of hydrogen-bond donors (Lipinski definition) is 3. The van der Waals surface area contributed by atoms with Crippen LogP contribution in [-0.2, 0) is 9.59 Å². The molecular weight excluding hydrogens is 498 g/mol. The van der Waals surface area contributed by atoms with E-state index in [0.717, 1.165) is 11.1 Å². The molecule has 0 bridgehead atoms. The van der Waals surface area contributed by atoms with Gasteiger partial charge >= 0.3 is 0 Å². The first-order chi connectivity index (χ1) is 16.2. The van der Waals surface area contributed by atoms with Crippen molar-refractivity contribution in [1.29, 1.82) is 5.26 Å². The molecule has 2 amide bonds. The SMILES string of the molecule is Cc1ccc(NC(=O)COc2ccc(Br)cc2/C=C(\C#N)C(=O)Nc2ccc(O)cc2)c(C)c1. The molecule has 3 N–H and O–H groups in total. The van der Waals surface area contributed by atoms with Crippen LogP contribution in [0.5, 0.6) is 11.5 Å². The van der Waals surface area contributed by atoms with Crippen LogP contribution in [0.25, 0.3) is 6.08 Å². The Balaban J connectivity index is 1.74. The van der Waals surface area contributed by atoms with Gasteiger partial charge in [0.2, 0.25) is 0 Å². The van der Waals surface area contributed by atoms with Gasteiger partial charge in [0.15, 0.2) is 6.61 Å². The minimum absolute atomic E-state index is 0.0616. The predicted octanol–water partition coefficient (Wildman–Crippen LogP) is 5.33. The number of nitrogens with zero attached hydrogens (tertiary/aromatic N) is 1. The average molecular weight is 520 g/mol. The van der Waals surface area contributed by atoms with E-state index in [1.165, 1.54) is 30.3 Å². The van der Waals surface area contributed by atoms with Crippen LogP contribution in [0.1, 0.15) is 16.7 Å². The number of halogens is 1. The number of aromatic hydroxyl groups is 1. The zero-order valence-electron chi connectivity index (χ0n) is 18.6. The van der Waals surface area contributed by atoms with Crippen molar-refractivity contribution in [2.75, 3.05) is 17.2 Å². The molecule has 0 aliphatic heterocycles. The quantitative estimate of drug-likeness (QED) is 0.221. The average Bonchev–Trinajstić information content (AvgIpc) is 2.80. The number of phenolic OH excluding ortho intramolecular Hbond substituents is 1. The molecule has 0 atom stereocenters. The van der Waals surface area contributed by atoms with Gasteiger partial charge in [-0.15, -0.1) is 0 Å². The summed E-state index contributed by atoms with van der Waals surface area (Å²) in [6, 6.07) is 18.6. The van der Waals surface area contributed by atoms with Crippen molar-refractivity contribution in [3.05, 3.63) is 87.4 Å². The number of nitrogens with one attached hydrogen (secondary N) is 2. The summed E-state index contributed by atoms with van der Waals surface area (Å²) in [5.74, 6) is -0.558. The molecule has 0 saturated carbocycles. The zero-order chi connectivity index (χ0) is 24.7. The first-order valence-corrected chi connectivity index (χ1v) is 11.1. The van der Waals surface area contributed by atoms with Crippen LogP contribution >= 0.6 is 15.9 Å². The number of benzene rings is 3. The highest BCUT2D eigenvalue weighted by Gasteiger charge is 2.13. The topological polar surface area (TPSA) is 111 Å². The number of hydrogen-bond acceptors (Lipinski definition) is 5. The second-order valence-corrected chi connectivity index (χ2v) is 8.42. The van der Waals surface area contributed by atoms with Gasteiger partial charge in [0.1, 0.15) is 23.1 Å². The summed E-state index contributed by atoms with van der Waals surface area (Å²) >= 11 is 3.37. The summed E-state index contributed by atoms with van der Waals surface area (Å²) in [6.07, 6.45) is 1.39. The number of rotatable bonds is 7. The lowest BCUT2D eigenvalue weighted by Crippen LogP contribution is -2.21. The molecule has 0 heterocycles. The van der Waals surface area contributed by atoms with E-state index in [4.69, 9.17) is 4.74 Å². The summed E-state index contributed by atoms with van der Waals surface area (Å²) in [5.41, 5.74) is 3.46. The highest BCUT2D eigenvalue weighted by atomic mass is 79.9. The van der Waals surface area contributed by atoms with Crippen molar-refractivity contribution >= 4 is 45.2 Å². The highest BCUT2D eigenvalue weighted by Crippen LogP contribution is 2.26. The Kier molecular flexibility index (Phi) is 8.06. The van der Waals surface area contributed by atoms with Crippen molar-refractivity contribution in [3.63, 3.8) is 0 Å². The molecule has 0 spiro atoms. The van der Waals surface area contributed by atoms with Gasteiger partial charge in [0.25, 0.3) is 11.8 Å². The van der Waals surface area contributed by atoms with Crippen molar-refractivity contribution in [1.82, 2.24) is 0 Å². The number of aryl methyl sites for hydroxylation is 2. The zero-order valence-corrected chi connectivity index (χ0v) is 20.1. The van der Waals surface area contributed by atoms with E-state index in [1.54, 1.807) is 18.2 Å². The number of phenols is 1. The number of ether oxygens (including phenoxy) is 1. The van der Waals surface area contributed by atoms with Crippen molar-refractivity contribution in [2.24, 2.45) is 0 Å². The van der Waals surface area contributed by atoms with Gasteiger partial charge < -0.3 is 20.5 Å². The Morgan fingerprint density at radius 3 is 2.47 bits per heavy atom. The van der Waals surface area contributed by atoms with E-state index in [-0.39, 0.29) is 23.8 Å². The van der Waals surface area contributed by atoms with Crippen LogP contribution < -0.4 is 15.4 Å². The minimum Gasteiger partial charge on any atom is -0.508 e. The molecule has 0 radical (unpaired) electrons. The first-order valence-electron chi connectivity index (χ1n) is 10.3. The maximum absolute atomic E-state index is 12.6. The van der Waals surface area contributed by atoms with E-state index < -0.39 is 5.91 Å². The Morgan fingerprint density at radius 2 is 1.79 bits per heavy atom. The maximum atomic E-state index is 12.6. The molecule has 172 valence electrons. The van der Waals surface area contributed by atoms with Gasteiger partial charge in [0, 0.05) is 21.4 Å². The van der Waals surface area contributed by atoms with Gasteiger partial charge in [-0.1, -0.05) is 33.6 Å². The standard InChI is InChI=1S/C26H22BrN3O4/c1-16-3-9-23(17(2)11-16)30-25(32)15-34-24-10-4-20(27)13-18(24)12-19(14-28)26(33)29-21-5-7-22(31)8-6-21/h3-13,31H,15H2,1-2H3,(H,29,33)(H,30,32)/b19-12+. The number of anilines is 2. The number of nitriles is 1. The fourth-order valence-electron chi connectivity index (χ4n) is 3.09. The molecule has 0 fully saturated rings. The molecule has 0 saturated heterocycles. The smallest absolute Gasteiger partial charge is 0.266 e. The summed E-state index contributed by atoms with van der Waals surface area (Å²) in [5, 5.41) is 24.3. The predicted molar refractivity (Wildman–Crippen MR) is 135 cm³/mol. The molecule has 3 rings (SSSR count). The molecule has 0 aliphatic carbocycles. The van der Waals surface area contributed by atoms with Gasteiger partial charge in [0.05, 0.1) is 0 Å². The van der Waals surface area contributed by atoms with Crippen LogP contribution in [0.3, 0.4) is 0 Å². The van der Waals surface area contributed by atoms with E-state index in [1.807, 2.05) is 38.1 Å². The van der Waals surface area contributed by atoms with Gasteiger partial charge in [-0.05, 0) is 74.0 Å². The third kappa shape index (κ3) is 6.70. The van der Waals surface area contributed by atoms with Crippen molar-refractivity contribution in [2.45, 2.75) is 13.8 Å². The molecule has 0 aromatic heterocycles. The van der Waals surface area contributed by atoms with Crippen LogP contribution in [-0.4, -0.2) is 23.5 Å². The molecule has 7 nitrogen and oxygen atoms in total. The Labute approximate surface area is 205 Å². The molecule has 0 aliphatic rings. The fraction of sp³-hybridized carbons (Fsp3) is 0.115. The largest absolute Gasteiger partial charge is 0.508 e. The first kappa shape index (κ1) is 24.6. The lowest BCUT2D eigenvalue weighted by molar-refractivity contribution is -0.118. The van der Waals surface area contributed by atoms with Crippen LogP contribution in [0.2, 0.25) is 0 Å². The lowest BCUT2D eigenvalue weighted by atomic mass is 10.1. The number of amides is 2. The minimum atomic E-state index is -0.619. The second-order valence-electron chi connectivity index (χ2n) is 7.51. The summed E-state index contributed by atoms with van der Waals surface area (Å²) in [4.78, 5) is 25.0. The molecule has 3 aromatic rings. The lowest BCUT2D eigenvalue weighted by Gasteiger charge is -2.12. The van der Waals surface area contributed by atoms with E-state index >= 15 is 0 Å². The molecular formula is C26H22BrN3O4. The summed E-state index contributed by atoms with van der Waals surface area (Å²) in [7, 11) is 0. The van der Waals surface area contributed by atoms with Crippen LogP contribution in [0.4, 0.5) is 11.4 Å². The summed E-state index contributed by atoms with van der Waals surface area (Å²) in [6.45, 7) is 3.63. The van der Waals surface area contributed by atoms with E-state index in [9.17, 15) is 20.0 Å². The summed E-state index contributed by atoms with van der Waals surface area (Å²) < 4.78 is 6.41. The Hall–Kier alpha value is -4.09. The molecule has 8 heteroatoms. The van der Waals surface area contributed by atoms with Crippen molar-refractivity contribution < 1.29 is 19.4 Å². The fourth-order valence-corrected chi connectivity index (χ4v) is 3.47. The van der Waals surface area contributed by atoms with Crippen molar-refractivity contribution in [3.8, 4) is 17.6 Å². The Bertz CT molecular complexity index is 1290. The monoisotopic (exact) mass is 519 g/mol. The van der Waals surface area contributed by atoms with Gasteiger partial charge in [-0.3, -0.25) is 9.59 Å². The van der Waals surface area contributed by atoms with E-state index in [2.05, 4.69) is 26.6 Å². The number of carbonyl (C=O) groups is 2. The third-order valence-corrected chi connectivity index (χ3v) is 5.27. The van der Waals surface area contributed by atoms with Gasteiger partial charge in [-0.25, -0.2) is 0 Å². The van der Waals surface area contributed by atoms with Crippen LogP contribution in [0, 0.1) is 25.2 Å². The maximum Gasteiger partial charge on any atom is 0.266 e. The van der Waals surface area contributed by atoms with Crippen LogP contribution in [0.15, 0.2) is 70.7 Å². The molecule has 3 aromatic carbocycles. The number of carbonyl (C=O) groups excluding carboxylic acids is 2. The highest BCUT2D eigenvalue weighted by molar-refractivity contribution is 9.10. The molecule has 0 unspecified atom stereocenters. The normalized spacial score (nSPS) is 10.8. The third-order valence-electron chi connectivity index (χ3n) is 4.78. The Morgan fingerprint density at radius 1 is 1.06 bits per heavy atom. The van der Waals surface area contributed by atoms with Gasteiger partial charge in [-0.2, -0.15) is 5.26 Å². The molecule has 34 heavy (non-hydrogen) atoms.